The van der Waals surface area contributed by atoms with Crippen LogP contribution in [-0.2, 0) is 9.53 Å². The van der Waals surface area contributed by atoms with Gasteiger partial charge < -0.3 is 19.7 Å². The molecular weight excluding hydrogens is 376 g/mol. The number of benzene rings is 1. The van der Waals surface area contributed by atoms with Gasteiger partial charge in [0.25, 0.3) is 5.91 Å². The van der Waals surface area contributed by atoms with Crippen molar-refractivity contribution in [2.45, 2.75) is 77.2 Å². The first-order valence-electron chi connectivity index (χ1n) is 12.0. The van der Waals surface area contributed by atoms with E-state index < -0.39 is 5.60 Å². The van der Waals surface area contributed by atoms with Crippen molar-refractivity contribution in [3.63, 3.8) is 0 Å². The number of rotatable bonds is 9. The van der Waals surface area contributed by atoms with Crippen molar-refractivity contribution in [3.8, 4) is 5.75 Å². The summed E-state index contributed by atoms with van der Waals surface area (Å²) in [5.74, 6) is 1.36. The van der Waals surface area contributed by atoms with Crippen LogP contribution in [0.4, 0.5) is 5.69 Å². The number of carbonyl (C=O) groups is 1. The lowest BCUT2D eigenvalue weighted by atomic mass is 9.78. The quantitative estimate of drug-likeness (QED) is 0.558. The lowest BCUT2D eigenvalue weighted by Crippen LogP contribution is -2.48. The highest BCUT2D eigenvalue weighted by molar-refractivity contribution is 5.97. The smallest absolute Gasteiger partial charge is 0.256 e. The molecule has 0 radical (unpaired) electrons. The Kier molecular flexibility index (Phi) is 9.01. The Balaban J connectivity index is 1.44. The van der Waals surface area contributed by atoms with Crippen LogP contribution in [0.15, 0.2) is 24.3 Å². The van der Waals surface area contributed by atoms with Gasteiger partial charge in [-0.3, -0.25) is 4.79 Å². The fraction of sp³-hybridized carbons (Fsp3) is 0.720. The van der Waals surface area contributed by atoms with Crippen molar-refractivity contribution >= 4 is 11.6 Å². The van der Waals surface area contributed by atoms with Crippen LogP contribution in [0.3, 0.4) is 0 Å². The van der Waals surface area contributed by atoms with Crippen molar-refractivity contribution < 1.29 is 14.3 Å². The molecule has 2 fully saturated rings. The Morgan fingerprint density at radius 3 is 2.53 bits per heavy atom. The molecule has 1 aromatic carbocycles. The third kappa shape index (κ3) is 6.71. The molecule has 2 aliphatic rings. The molecule has 0 spiro atoms. The van der Waals surface area contributed by atoms with Gasteiger partial charge in [0.15, 0.2) is 0 Å². The number of amides is 1. The maximum Gasteiger partial charge on any atom is 0.256 e. The van der Waals surface area contributed by atoms with E-state index in [2.05, 4.69) is 17.1 Å². The molecule has 168 valence electrons. The van der Waals surface area contributed by atoms with Gasteiger partial charge in [-0.2, -0.15) is 0 Å². The molecule has 1 heterocycles. The minimum Gasteiger partial charge on any atom is -0.494 e. The number of ether oxygens (including phenoxy) is 2. The number of nitrogens with zero attached hydrogens (tertiary/aromatic N) is 1. The first-order chi connectivity index (χ1) is 14.6. The first-order valence-corrected chi connectivity index (χ1v) is 12.0. The van der Waals surface area contributed by atoms with Gasteiger partial charge in [-0.1, -0.05) is 26.2 Å². The summed E-state index contributed by atoms with van der Waals surface area (Å²) in [6, 6.07) is 7.73. The predicted molar refractivity (Wildman–Crippen MR) is 122 cm³/mol. The summed E-state index contributed by atoms with van der Waals surface area (Å²) in [5, 5.41) is 3.08. The van der Waals surface area contributed by atoms with E-state index in [0.29, 0.717) is 12.5 Å². The van der Waals surface area contributed by atoms with Gasteiger partial charge in [-0.05, 0) is 88.7 Å². The van der Waals surface area contributed by atoms with Crippen molar-refractivity contribution in [2.75, 3.05) is 38.2 Å². The van der Waals surface area contributed by atoms with Crippen LogP contribution in [-0.4, -0.2) is 49.3 Å². The molecule has 3 rings (SSSR count). The summed E-state index contributed by atoms with van der Waals surface area (Å²) >= 11 is 0. The van der Waals surface area contributed by atoms with Gasteiger partial charge >= 0.3 is 0 Å². The standard InChI is InChI=1S/C25H40N2O3/c1-3-30-25(15-8-10-21(2)20-25)24(28)26-22-11-13-23(14-12-22)29-19-9-18-27-16-6-4-5-7-17-27/h11-14,21H,3-10,15-20H2,1-2H3,(H,26,28)/t21-,25-/m1/s1. The summed E-state index contributed by atoms with van der Waals surface area (Å²) < 4.78 is 11.9. The van der Waals surface area contributed by atoms with E-state index in [1.54, 1.807) is 0 Å². The Hall–Kier alpha value is -1.59. The molecular formula is C25H40N2O3. The maximum atomic E-state index is 13.0. The summed E-state index contributed by atoms with van der Waals surface area (Å²) in [6.07, 6.45) is 10.3. The topological polar surface area (TPSA) is 50.8 Å². The molecule has 1 aliphatic carbocycles. The zero-order chi connectivity index (χ0) is 21.2. The summed E-state index contributed by atoms with van der Waals surface area (Å²) in [4.78, 5) is 15.6. The average Bonchev–Trinajstić information content (AvgIpc) is 3.01. The van der Waals surface area contributed by atoms with Crippen molar-refractivity contribution in [1.29, 1.82) is 0 Å². The summed E-state index contributed by atoms with van der Waals surface area (Å²) in [5.41, 5.74) is 0.115. The highest BCUT2D eigenvalue weighted by Crippen LogP contribution is 2.36. The minimum atomic E-state index is -0.686. The van der Waals surface area contributed by atoms with E-state index >= 15 is 0 Å². The van der Waals surface area contributed by atoms with Crippen LogP contribution in [0.25, 0.3) is 0 Å². The lowest BCUT2D eigenvalue weighted by Gasteiger charge is -2.38. The summed E-state index contributed by atoms with van der Waals surface area (Å²) in [7, 11) is 0. The molecule has 30 heavy (non-hydrogen) atoms. The van der Waals surface area contributed by atoms with Crippen molar-refractivity contribution in [1.82, 2.24) is 4.90 Å². The van der Waals surface area contributed by atoms with Crippen molar-refractivity contribution in [3.05, 3.63) is 24.3 Å². The molecule has 0 unspecified atom stereocenters. The molecule has 0 aromatic heterocycles. The third-order valence-corrected chi connectivity index (χ3v) is 6.49. The zero-order valence-corrected chi connectivity index (χ0v) is 19.0. The number of anilines is 1. The molecule has 1 N–H and O–H groups in total. The predicted octanol–water partition coefficient (Wildman–Crippen LogP) is 5.26. The zero-order valence-electron chi connectivity index (χ0n) is 19.0. The monoisotopic (exact) mass is 416 g/mol. The van der Waals surface area contributed by atoms with E-state index in [1.165, 1.54) is 45.2 Å². The molecule has 1 saturated heterocycles. The van der Waals surface area contributed by atoms with Gasteiger partial charge in [0, 0.05) is 18.8 Å². The number of nitrogens with one attached hydrogen (secondary N) is 1. The van der Waals surface area contributed by atoms with Crippen LogP contribution >= 0.6 is 0 Å². The van der Waals surface area contributed by atoms with Gasteiger partial charge in [0.05, 0.1) is 6.61 Å². The lowest BCUT2D eigenvalue weighted by molar-refractivity contribution is -0.147. The normalized spacial score (nSPS) is 25.5. The van der Waals surface area contributed by atoms with Gasteiger partial charge in [-0.15, -0.1) is 0 Å². The second-order valence-corrected chi connectivity index (χ2v) is 9.07. The third-order valence-electron chi connectivity index (χ3n) is 6.49. The van der Waals surface area contributed by atoms with E-state index in [1.807, 2.05) is 31.2 Å². The Bertz CT molecular complexity index is 636. The second kappa shape index (κ2) is 11.7. The highest BCUT2D eigenvalue weighted by Gasteiger charge is 2.42. The fourth-order valence-corrected chi connectivity index (χ4v) is 4.90. The van der Waals surface area contributed by atoms with Crippen LogP contribution in [0, 0.1) is 5.92 Å². The second-order valence-electron chi connectivity index (χ2n) is 9.07. The highest BCUT2D eigenvalue weighted by atomic mass is 16.5. The van der Waals surface area contributed by atoms with Gasteiger partial charge in [0.1, 0.15) is 11.4 Å². The molecule has 5 heteroatoms. The van der Waals surface area contributed by atoms with E-state index in [-0.39, 0.29) is 5.91 Å². The fourth-order valence-electron chi connectivity index (χ4n) is 4.90. The largest absolute Gasteiger partial charge is 0.494 e. The molecule has 0 bridgehead atoms. The van der Waals surface area contributed by atoms with E-state index in [9.17, 15) is 4.79 Å². The molecule has 1 aliphatic heterocycles. The number of likely N-dealkylation sites (tertiary alicyclic amines) is 1. The van der Waals surface area contributed by atoms with Gasteiger partial charge in [-0.25, -0.2) is 0 Å². The molecule has 2 atom stereocenters. The number of carbonyl (C=O) groups excluding carboxylic acids is 1. The minimum absolute atomic E-state index is 0.0120. The van der Waals surface area contributed by atoms with Gasteiger partial charge in [0.2, 0.25) is 0 Å². The SMILES string of the molecule is CCO[C@]1(C(=O)Nc2ccc(OCCCN3CCCCCC3)cc2)CCC[C@@H](C)C1. The van der Waals surface area contributed by atoms with Crippen LogP contribution in [0.2, 0.25) is 0 Å². The molecule has 5 nitrogen and oxygen atoms in total. The number of hydrogen-bond acceptors (Lipinski definition) is 4. The average molecular weight is 417 g/mol. The Labute approximate surface area is 182 Å². The number of hydrogen-bond donors (Lipinski definition) is 1. The van der Waals surface area contributed by atoms with Crippen LogP contribution in [0.1, 0.15) is 71.6 Å². The Morgan fingerprint density at radius 2 is 1.87 bits per heavy atom. The van der Waals surface area contributed by atoms with E-state index in [4.69, 9.17) is 9.47 Å². The molecule has 1 saturated carbocycles. The maximum absolute atomic E-state index is 13.0. The van der Waals surface area contributed by atoms with Crippen LogP contribution < -0.4 is 10.1 Å². The summed E-state index contributed by atoms with van der Waals surface area (Å²) in [6.45, 7) is 9.04. The van der Waals surface area contributed by atoms with Crippen LogP contribution in [0.5, 0.6) is 5.75 Å². The van der Waals surface area contributed by atoms with Crippen molar-refractivity contribution in [2.24, 2.45) is 5.92 Å². The Morgan fingerprint density at radius 1 is 1.13 bits per heavy atom. The van der Waals surface area contributed by atoms with E-state index in [0.717, 1.165) is 50.3 Å². The molecule has 1 amide bonds. The first kappa shape index (κ1) is 23.1. The molecule has 1 aromatic rings.